The van der Waals surface area contributed by atoms with Crippen LogP contribution in [0.2, 0.25) is 0 Å². The number of aryl methyl sites for hydroxylation is 1. The van der Waals surface area contributed by atoms with Gasteiger partial charge in [0, 0.05) is 0 Å². The smallest absolute Gasteiger partial charge is 0.365 e. The van der Waals surface area contributed by atoms with Crippen LogP contribution < -0.4 is 4.74 Å². The van der Waals surface area contributed by atoms with Crippen molar-refractivity contribution in [2.75, 3.05) is 6.61 Å². The van der Waals surface area contributed by atoms with Crippen LogP contribution in [0.4, 0.5) is 0 Å². The lowest BCUT2D eigenvalue weighted by molar-refractivity contribution is 0.0696. The second-order valence-electron chi connectivity index (χ2n) is 3.41. The van der Waals surface area contributed by atoms with E-state index in [0.29, 0.717) is 28.8 Å². The normalized spacial score (nSPS) is 10.3. The Morgan fingerprint density at radius 2 is 2.22 bits per heavy atom. The molecule has 2 aromatic heterocycles. The Morgan fingerprint density at radius 1 is 1.44 bits per heavy atom. The highest BCUT2D eigenvalue weighted by atomic mass is 32.1. The van der Waals surface area contributed by atoms with Gasteiger partial charge < -0.3 is 9.84 Å². The summed E-state index contributed by atoms with van der Waals surface area (Å²) in [5.74, 6) is -0.622. The predicted octanol–water partition coefficient (Wildman–Crippen LogP) is 2.01. The largest absolute Gasteiger partial charge is 0.477 e. The first-order valence-corrected chi connectivity index (χ1v) is 6.09. The van der Waals surface area contributed by atoms with Gasteiger partial charge in [0.05, 0.1) is 29.6 Å². The van der Waals surface area contributed by atoms with Crippen LogP contribution in [0.3, 0.4) is 0 Å². The van der Waals surface area contributed by atoms with E-state index in [1.165, 1.54) is 6.20 Å². The lowest BCUT2D eigenvalue weighted by Crippen LogP contribution is -1.96. The summed E-state index contributed by atoms with van der Waals surface area (Å²) in [6.07, 6.45) is 3.08. The lowest BCUT2D eigenvalue weighted by Gasteiger charge is -2.02. The SMILES string of the molecule is CCOc1cncc(-c2sc(C(=O)O)nc2C)n1. The van der Waals surface area contributed by atoms with E-state index >= 15 is 0 Å². The zero-order valence-electron chi connectivity index (χ0n) is 9.88. The van der Waals surface area contributed by atoms with Gasteiger partial charge in [-0.1, -0.05) is 0 Å². The van der Waals surface area contributed by atoms with Crippen molar-refractivity contribution in [1.82, 2.24) is 15.0 Å². The quantitative estimate of drug-likeness (QED) is 0.910. The van der Waals surface area contributed by atoms with Crippen LogP contribution in [0.5, 0.6) is 5.88 Å². The van der Waals surface area contributed by atoms with E-state index in [1.54, 1.807) is 13.1 Å². The molecular weight excluding hydrogens is 254 g/mol. The van der Waals surface area contributed by atoms with E-state index in [-0.39, 0.29) is 5.01 Å². The van der Waals surface area contributed by atoms with Crippen LogP contribution in [-0.4, -0.2) is 32.6 Å². The van der Waals surface area contributed by atoms with E-state index < -0.39 is 5.97 Å². The third-order valence-electron chi connectivity index (χ3n) is 2.12. The Kier molecular flexibility index (Phi) is 3.52. The number of aromatic nitrogens is 3. The Labute approximate surface area is 107 Å². The maximum atomic E-state index is 10.9. The monoisotopic (exact) mass is 265 g/mol. The zero-order valence-corrected chi connectivity index (χ0v) is 10.7. The van der Waals surface area contributed by atoms with Crippen LogP contribution in [0, 0.1) is 6.92 Å². The molecule has 0 saturated carbocycles. The molecule has 0 amide bonds. The molecular formula is C11H11N3O3S. The summed E-state index contributed by atoms with van der Waals surface area (Å²) in [6.45, 7) is 4.10. The molecule has 0 atom stereocenters. The summed E-state index contributed by atoms with van der Waals surface area (Å²) in [5.41, 5.74) is 1.20. The van der Waals surface area contributed by atoms with Crippen molar-refractivity contribution in [1.29, 1.82) is 0 Å². The van der Waals surface area contributed by atoms with Crippen LogP contribution in [0.1, 0.15) is 22.4 Å². The molecule has 2 aromatic rings. The lowest BCUT2D eigenvalue weighted by atomic mass is 10.3. The Balaban J connectivity index is 2.41. The van der Waals surface area contributed by atoms with Gasteiger partial charge >= 0.3 is 5.97 Å². The zero-order chi connectivity index (χ0) is 13.1. The van der Waals surface area contributed by atoms with Crippen molar-refractivity contribution in [2.45, 2.75) is 13.8 Å². The van der Waals surface area contributed by atoms with Crippen LogP contribution in [0.15, 0.2) is 12.4 Å². The Bertz CT molecular complexity index is 583. The number of carboxylic acids is 1. The maximum Gasteiger partial charge on any atom is 0.365 e. The van der Waals surface area contributed by atoms with Crippen LogP contribution >= 0.6 is 11.3 Å². The molecule has 0 aromatic carbocycles. The fourth-order valence-corrected chi connectivity index (χ4v) is 2.26. The van der Waals surface area contributed by atoms with Crippen molar-refractivity contribution in [3.05, 3.63) is 23.1 Å². The fourth-order valence-electron chi connectivity index (χ4n) is 1.40. The van der Waals surface area contributed by atoms with Gasteiger partial charge in [-0.25, -0.2) is 14.8 Å². The summed E-state index contributed by atoms with van der Waals surface area (Å²) < 4.78 is 5.26. The number of rotatable bonds is 4. The second kappa shape index (κ2) is 5.09. The topological polar surface area (TPSA) is 85.2 Å². The van der Waals surface area contributed by atoms with E-state index in [2.05, 4.69) is 15.0 Å². The number of ether oxygens (including phenoxy) is 1. The second-order valence-corrected chi connectivity index (χ2v) is 4.41. The molecule has 0 spiro atoms. The van der Waals surface area contributed by atoms with Crippen molar-refractivity contribution in [2.24, 2.45) is 0 Å². The Hall–Kier alpha value is -2.02. The number of hydrogen-bond donors (Lipinski definition) is 1. The van der Waals surface area contributed by atoms with Crippen LogP contribution in [0.25, 0.3) is 10.6 Å². The molecule has 0 aliphatic heterocycles. The molecule has 7 heteroatoms. The highest BCUT2D eigenvalue weighted by Gasteiger charge is 2.16. The number of carbonyl (C=O) groups is 1. The van der Waals surface area contributed by atoms with E-state index in [4.69, 9.17) is 9.84 Å². The van der Waals surface area contributed by atoms with Crippen molar-refractivity contribution >= 4 is 17.3 Å². The summed E-state index contributed by atoms with van der Waals surface area (Å²) >= 11 is 1.08. The summed E-state index contributed by atoms with van der Waals surface area (Å²) in [6, 6.07) is 0. The van der Waals surface area contributed by atoms with Gasteiger partial charge in [0.25, 0.3) is 0 Å². The van der Waals surface area contributed by atoms with Crippen molar-refractivity contribution in [3.8, 4) is 16.5 Å². The number of aromatic carboxylic acids is 1. The van der Waals surface area contributed by atoms with Gasteiger partial charge in [0.2, 0.25) is 10.9 Å². The van der Waals surface area contributed by atoms with E-state index in [1.807, 2.05) is 6.92 Å². The molecule has 18 heavy (non-hydrogen) atoms. The van der Waals surface area contributed by atoms with Crippen LogP contribution in [-0.2, 0) is 0 Å². The summed E-state index contributed by atoms with van der Waals surface area (Å²) in [7, 11) is 0. The first-order chi connectivity index (χ1) is 8.61. The number of thiazole rings is 1. The number of carboxylic acid groups (broad SMARTS) is 1. The van der Waals surface area contributed by atoms with Crippen molar-refractivity contribution < 1.29 is 14.6 Å². The molecule has 1 N–H and O–H groups in total. The molecule has 0 fully saturated rings. The molecule has 0 radical (unpaired) electrons. The highest BCUT2D eigenvalue weighted by molar-refractivity contribution is 7.17. The van der Waals surface area contributed by atoms with E-state index in [9.17, 15) is 4.79 Å². The van der Waals surface area contributed by atoms with Crippen molar-refractivity contribution in [3.63, 3.8) is 0 Å². The first-order valence-electron chi connectivity index (χ1n) is 5.27. The molecule has 0 aliphatic rings. The molecule has 0 saturated heterocycles. The molecule has 0 bridgehead atoms. The average molecular weight is 265 g/mol. The van der Waals surface area contributed by atoms with Gasteiger partial charge in [0.15, 0.2) is 0 Å². The molecule has 2 heterocycles. The van der Waals surface area contributed by atoms with Gasteiger partial charge in [-0.2, -0.15) is 0 Å². The van der Waals surface area contributed by atoms with Gasteiger partial charge in [-0.05, 0) is 13.8 Å². The minimum Gasteiger partial charge on any atom is -0.477 e. The fraction of sp³-hybridized carbons (Fsp3) is 0.273. The molecule has 2 rings (SSSR count). The van der Waals surface area contributed by atoms with Gasteiger partial charge in [-0.3, -0.25) is 4.98 Å². The standard InChI is InChI=1S/C11H11N3O3S/c1-3-17-8-5-12-4-7(14-8)9-6(2)13-10(18-9)11(15)16/h4-5H,3H2,1-2H3,(H,15,16). The predicted molar refractivity (Wildman–Crippen MR) is 66.0 cm³/mol. The number of nitrogens with zero attached hydrogens (tertiary/aromatic N) is 3. The van der Waals surface area contributed by atoms with E-state index in [0.717, 1.165) is 11.3 Å². The minimum absolute atomic E-state index is 0.0473. The Morgan fingerprint density at radius 3 is 2.83 bits per heavy atom. The first kappa shape index (κ1) is 12.4. The maximum absolute atomic E-state index is 10.9. The van der Waals surface area contributed by atoms with Gasteiger partial charge in [-0.15, -0.1) is 11.3 Å². The summed E-state index contributed by atoms with van der Waals surface area (Å²) in [4.78, 5) is 23.8. The molecule has 0 aliphatic carbocycles. The minimum atomic E-state index is -1.04. The highest BCUT2D eigenvalue weighted by Crippen LogP contribution is 2.29. The molecule has 6 nitrogen and oxygen atoms in total. The third kappa shape index (κ3) is 2.45. The molecule has 94 valence electrons. The molecule has 0 unspecified atom stereocenters. The number of hydrogen-bond acceptors (Lipinski definition) is 6. The van der Waals surface area contributed by atoms with Gasteiger partial charge in [0.1, 0.15) is 5.69 Å². The summed E-state index contributed by atoms with van der Waals surface area (Å²) in [5, 5.41) is 8.94. The third-order valence-corrected chi connectivity index (χ3v) is 3.28. The average Bonchev–Trinajstić information content (AvgIpc) is 2.72.